The average molecular weight is 347 g/mol. The molecule has 2 N–H and O–H groups in total. The maximum absolute atomic E-state index is 4.40. The Morgan fingerprint density at radius 1 is 1.19 bits per heavy atom. The van der Waals surface area contributed by atoms with Gasteiger partial charge in [-0.25, -0.2) is 4.68 Å². The second-order valence-electron chi connectivity index (χ2n) is 6.02. The number of nitrogens with zero attached hydrogens (tertiary/aromatic N) is 6. The Labute approximate surface area is 151 Å². The van der Waals surface area contributed by atoms with Gasteiger partial charge in [0, 0.05) is 12.2 Å². The molecule has 0 radical (unpaired) electrons. The lowest BCUT2D eigenvalue weighted by Crippen LogP contribution is -2.28. The summed E-state index contributed by atoms with van der Waals surface area (Å²) in [5, 5.41) is 10.9. The van der Waals surface area contributed by atoms with Crippen LogP contribution in [0.25, 0.3) is 10.7 Å². The van der Waals surface area contributed by atoms with Gasteiger partial charge < -0.3 is 10.6 Å². The number of hydrogen-bond donors (Lipinski definition) is 2. The van der Waals surface area contributed by atoms with E-state index in [9.17, 15) is 0 Å². The number of benzene rings is 1. The Morgan fingerprint density at radius 2 is 2.12 bits per heavy atom. The molecule has 1 saturated heterocycles. The van der Waals surface area contributed by atoms with E-state index in [1.165, 1.54) is 6.33 Å². The van der Waals surface area contributed by atoms with E-state index in [1.54, 1.807) is 17.1 Å². The van der Waals surface area contributed by atoms with Crippen molar-refractivity contribution in [1.82, 2.24) is 30.0 Å². The predicted molar refractivity (Wildman–Crippen MR) is 99.2 cm³/mol. The lowest BCUT2D eigenvalue weighted by atomic mass is 10.0. The van der Waals surface area contributed by atoms with Crippen LogP contribution in [-0.2, 0) is 0 Å². The van der Waals surface area contributed by atoms with Crippen molar-refractivity contribution in [1.29, 1.82) is 0 Å². The summed E-state index contributed by atoms with van der Waals surface area (Å²) in [6.07, 6.45) is 5.33. The summed E-state index contributed by atoms with van der Waals surface area (Å²) in [6, 6.07) is 14.7. The molecule has 3 aromatic rings. The lowest BCUT2D eigenvalue weighted by molar-refractivity contribution is 0.449. The van der Waals surface area contributed by atoms with Gasteiger partial charge >= 0.3 is 5.82 Å². The van der Waals surface area contributed by atoms with Gasteiger partial charge in [0.05, 0.1) is 12.0 Å². The summed E-state index contributed by atoms with van der Waals surface area (Å²) < 4.78 is 1.59. The van der Waals surface area contributed by atoms with Crippen molar-refractivity contribution in [3.8, 4) is 11.9 Å². The summed E-state index contributed by atoms with van der Waals surface area (Å²) in [5.74, 6) is 2.00. The number of rotatable bonds is 3. The number of piperidine rings is 1. The molecule has 1 atom stereocenters. The Bertz CT molecular complexity index is 919. The van der Waals surface area contributed by atoms with Crippen molar-refractivity contribution in [3.05, 3.63) is 53.9 Å². The molecule has 3 heterocycles. The zero-order valence-electron chi connectivity index (χ0n) is 14.2. The minimum absolute atomic E-state index is 0.329. The molecule has 0 amide bonds. The predicted octanol–water partition coefficient (Wildman–Crippen LogP) is 2.76. The second-order valence-corrected chi connectivity index (χ2v) is 6.02. The second kappa shape index (κ2) is 7.72. The molecule has 4 rings (SSSR count). The van der Waals surface area contributed by atoms with Crippen LogP contribution in [-0.4, -0.2) is 37.8 Å². The highest BCUT2D eigenvalue weighted by Crippen LogP contribution is 2.16. The van der Waals surface area contributed by atoms with Gasteiger partial charge in [-0.2, -0.15) is 14.8 Å². The summed E-state index contributed by atoms with van der Waals surface area (Å²) >= 11 is 0. The number of aromatic nitrogens is 5. The molecule has 8 nitrogen and oxygen atoms in total. The van der Waals surface area contributed by atoms with Gasteiger partial charge in [0.15, 0.2) is 11.9 Å². The molecule has 2 aromatic heterocycles. The first-order chi connectivity index (χ1) is 12.9. The third-order valence-electron chi connectivity index (χ3n) is 4.05. The van der Waals surface area contributed by atoms with Crippen LogP contribution in [0, 0.1) is 12.0 Å². The molecular weight excluding hydrogens is 328 g/mol. The minimum atomic E-state index is 0.329. The van der Waals surface area contributed by atoms with Crippen LogP contribution in [0.3, 0.4) is 0 Å². The maximum Gasteiger partial charge on any atom is 0.430 e. The van der Waals surface area contributed by atoms with Gasteiger partial charge in [0.25, 0.3) is 0 Å². The highest BCUT2D eigenvalue weighted by atomic mass is 15.4. The van der Waals surface area contributed by atoms with Gasteiger partial charge in [-0.3, -0.25) is 0 Å². The average Bonchev–Trinajstić information content (AvgIpc) is 3.17. The molecule has 26 heavy (non-hydrogen) atoms. The van der Waals surface area contributed by atoms with Crippen LogP contribution in [0.5, 0.6) is 0 Å². The number of hydrogen-bond acceptors (Lipinski definition) is 6. The minimum Gasteiger partial charge on any atom is -0.323 e. The van der Waals surface area contributed by atoms with Crippen LogP contribution in [0.15, 0.2) is 49.1 Å². The fourth-order valence-electron chi connectivity index (χ4n) is 2.72. The van der Waals surface area contributed by atoms with E-state index in [0.717, 1.165) is 31.6 Å². The van der Waals surface area contributed by atoms with Gasteiger partial charge in [0.1, 0.15) is 6.33 Å². The highest BCUT2D eigenvalue weighted by Gasteiger charge is 2.15. The van der Waals surface area contributed by atoms with E-state index in [0.29, 0.717) is 23.5 Å². The van der Waals surface area contributed by atoms with E-state index in [-0.39, 0.29) is 0 Å². The molecule has 0 saturated carbocycles. The zero-order chi connectivity index (χ0) is 17.6. The molecule has 1 aromatic carbocycles. The summed E-state index contributed by atoms with van der Waals surface area (Å²) in [7, 11) is 0. The standard InChI is InChI=1S/C18H19N8/c1-2-6-15(7-3-1)24-18-23-13-26(25-18)17-9-16(21-12-22-17)20-11-14-5-4-8-19-10-14/h1-3,6-7,9,12-14,19H,4-5,8,10H2,(H,24,25)/q+1. The van der Waals surface area contributed by atoms with Gasteiger partial charge in [-0.1, -0.05) is 18.2 Å². The quantitative estimate of drug-likeness (QED) is 0.758. The molecule has 1 fully saturated rings. The van der Waals surface area contributed by atoms with E-state index in [2.05, 4.69) is 41.6 Å². The van der Waals surface area contributed by atoms with E-state index < -0.39 is 0 Å². The third-order valence-corrected chi connectivity index (χ3v) is 4.05. The molecule has 1 aliphatic rings. The molecule has 0 spiro atoms. The summed E-state index contributed by atoms with van der Waals surface area (Å²) in [4.78, 5) is 17.1. The molecule has 0 bridgehead atoms. The summed E-state index contributed by atoms with van der Waals surface area (Å²) in [5.41, 5.74) is 0.925. The highest BCUT2D eigenvalue weighted by molar-refractivity contribution is 5.52. The van der Waals surface area contributed by atoms with E-state index in [1.807, 2.05) is 30.3 Å². The Kier molecular flexibility index (Phi) is 4.80. The molecule has 1 aliphatic heterocycles. The maximum atomic E-state index is 4.40. The molecule has 0 aliphatic carbocycles. The van der Waals surface area contributed by atoms with Crippen LogP contribution < -0.4 is 10.6 Å². The van der Waals surface area contributed by atoms with Crippen molar-refractivity contribution in [2.24, 2.45) is 5.92 Å². The molecule has 8 heteroatoms. The van der Waals surface area contributed by atoms with E-state index in [4.69, 9.17) is 0 Å². The zero-order valence-corrected chi connectivity index (χ0v) is 14.2. The Hall–Kier alpha value is -3.31. The smallest absolute Gasteiger partial charge is 0.323 e. The first kappa shape index (κ1) is 16.2. The largest absolute Gasteiger partial charge is 0.430 e. The van der Waals surface area contributed by atoms with Gasteiger partial charge in [0.2, 0.25) is 12.3 Å². The number of para-hydroxylation sites is 1. The fraction of sp³-hybridized carbons (Fsp3) is 0.278. The SMILES string of the molecule is C(#[N+]c1cc(-n2cnc(Nc3ccccc3)n2)ncn1)C1CCCNC1. The Morgan fingerprint density at radius 3 is 2.96 bits per heavy atom. The van der Waals surface area contributed by atoms with Crippen LogP contribution in [0.1, 0.15) is 12.8 Å². The normalized spacial score (nSPS) is 16.5. The number of anilines is 2. The van der Waals surface area contributed by atoms with Crippen molar-refractivity contribution >= 4 is 17.5 Å². The fourth-order valence-corrected chi connectivity index (χ4v) is 2.72. The molecule has 130 valence electrons. The number of nitrogens with one attached hydrogen (secondary N) is 2. The molecular formula is C18H19N8+. The van der Waals surface area contributed by atoms with Gasteiger partial charge in [-0.05, 0) is 36.5 Å². The topological polar surface area (TPSA) is 84.9 Å². The van der Waals surface area contributed by atoms with Crippen LogP contribution >= 0.6 is 0 Å². The molecule has 1 unspecified atom stereocenters. The third kappa shape index (κ3) is 4.02. The van der Waals surface area contributed by atoms with E-state index >= 15 is 0 Å². The van der Waals surface area contributed by atoms with Crippen molar-refractivity contribution in [2.75, 3.05) is 18.4 Å². The van der Waals surface area contributed by atoms with Crippen molar-refractivity contribution in [3.63, 3.8) is 0 Å². The monoisotopic (exact) mass is 347 g/mol. The summed E-state index contributed by atoms with van der Waals surface area (Å²) in [6.45, 7) is 1.99. The van der Waals surface area contributed by atoms with Crippen LogP contribution in [0.2, 0.25) is 0 Å². The van der Waals surface area contributed by atoms with Gasteiger partial charge in [-0.15, -0.1) is 5.10 Å². The van der Waals surface area contributed by atoms with Crippen LogP contribution in [0.4, 0.5) is 17.5 Å². The van der Waals surface area contributed by atoms with Crippen molar-refractivity contribution in [2.45, 2.75) is 12.8 Å². The first-order valence-electron chi connectivity index (χ1n) is 8.60. The first-order valence-corrected chi connectivity index (χ1v) is 8.60. The lowest BCUT2D eigenvalue weighted by Gasteiger charge is -2.14. The Balaban J connectivity index is 1.49. The van der Waals surface area contributed by atoms with Crippen molar-refractivity contribution < 1.29 is 0 Å².